The average Bonchev–Trinajstić information content (AvgIpc) is 3.06. The van der Waals surface area contributed by atoms with Crippen molar-refractivity contribution in [3.63, 3.8) is 0 Å². The SMILES string of the molecule is COc1ccccc1OCC(=O)N1CCN(C)C(c2nc(C)no2)C1. The number of ether oxygens (including phenoxy) is 2. The molecule has 1 aliphatic rings. The van der Waals surface area contributed by atoms with Gasteiger partial charge in [-0.2, -0.15) is 4.98 Å². The zero-order valence-corrected chi connectivity index (χ0v) is 14.6. The molecule has 1 aliphatic heterocycles. The van der Waals surface area contributed by atoms with Gasteiger partial charge in [-0.15, -0.1) is 0 Å². The molecular weight excluding hydrogens is 324 g/mol. The van der Waals surface area contributed by atoms with Crippen LogP contribution in [-0.2, 0) is 4.79 Å². The van der Waals surface area contributed by atoms with E-state index in [1.165, 1.54) is 0 Å². The van der Waals surface area contributed by atoms with Crippen LogP contribution in [0.15, 0.2) is 28.8 Å². The normalized spacial score (nSPS) is 18.2. The highest BCUT2D eigenvalue weighted by atomic mass is 16.5. The number of hydrogen-bond acceptors (Lipinski definition) is 7. The molecule has 1 fully saturated rings. The van der Waals surface area contributed by atoms with E-state index in [0.29, 0.717) is 36.3 Å². The summed E-state index contributed by atoms with van der Waals surface area (Å²) in [5.41, 5.74) is 0. The minimum Gasteiger partial charge on any atom is -0.493 e. The molecule has 1 atom stereocenters. The number of methoxy groups -OCH3 is 1. The number of aryl methyl sites for hydroxylation is 1. The molecule has 0 N–H and O–H groups in total. The third-order valence-electron chi connectivity index (χ3n) is 4.25. The second kappa shape index (κ2) is 7.52. The van der Waals surface area contributed by atoms with Gasteiger partial charge >= 0.3 is 0 Å². The van der Waals surface area contributed by atoms with Crippen LogP contribution in [0.1, 0.15) is 17.8 Å². The highest BCUT2D eigenvalue weighted by Gasteiger charge is 2.32. The van der Waals surface area contributed by atoms with Crippen molar-refractivity contribution in [1.82, 2.24) is 19.9 Å². The Hall–Kier alpha value is -2.61. The van der Waals surface area contributed by atoms with Gasteiger partial charge in [0.2, 0.25) is 5.89 Å². The molecule has 1 aromatic carbocycles. The van der Waals surface area contributed by atoms with E-state index in [0.717, 1.165) is 6.54 Å². The summed E-state index contributed by atoms with van der Waals surface area (Å²) in [5, 5.41) is 3.84. The van der Waals surface area contributed by atoms with Crippen molar-refractivity contribution in [2.24, 2.45) is 0 Å². The molecular formula is C17H22N4O4. The molecule has 2 heterocycles. The molecule has 3 rings (SSSR count). The predicted octanol–water partition coefficient (Wildman–Crippen LogP) is 1.28. The maximum atomic E-state index is 12.5. The Morgan fingerprint density at radius 1 is 1.32 bits per heavy atom. The first-order valence-corrected chi connectivity index (χ1v) is 8.12. The van der Waals surface area contributed by atoms with Gasteiger partial charge in [0.1, 0.15) is 6.04 Å². The maximum Gasteiger partial charge on any atom is 0.260 e. The van der Waals surface area contributed by atoms with Crippen molar-refractivity contribution in [1.29, 1.82) is 0 Å². The van der Waals surface area contributed by atoms with Gasteiger partial charge in [-0.3, -0.25) is 9.69 Å². The Morgan fingerprint density at radius 3 is 2.76 bits per heavy atom. The standard InChI is InChI=1S/C17H22N4O4/c1-12-18-17(25-19-12)13-10-21(9-8-20(13)2)16(22)11-24-15-7-5-4-6-14(15)23-3/h4-7,13H,8-11H2,1-3H3. The highest BCUT2D eigenvalue weighted by Crippen LogP contribution is 2.26. The summed E-state index contributed by atoms with van der Waals surface area (Å²) in [6.07, 6.45) is 0. The second-order valence-electron chi connectivity index (χ2n) is 5.96. The molecule has 8 nitrogen and oxygen atoms in total. The smallest absolute Gasteiger partial charge is 0.260 e. The largest absolute Gasteiger partial charge is 0.493 e. The van der Waals surface area contributed by atoms with Gasteiger partial charge in [0.05, 0.1) is 7.11 Å². The van der Waals surface area contributed by atoms with E-state index in [1.54, 1.807) is 31.1 Å². The van der Waals surface area contributed by atoms with Crippen molar-refractivity contribution >= 4 is 5.91 Å². The molecule has 0 saturated carbocycles. The quantitative estimate of drug-likeness (QED) is 0.807. The van der Waals surface area contributed by atoms with Crippen LogP contribution in [0.4, 0.5) is 0 Å². The van der Waals surface area contributed by atoms with Crippen molar-refractivity contribution < 1.29 is 18.8 Å². The van der Waals surface area contributed by atoms with E-state index in [4.69, 9.17) is 14.0 Å². The number of para-hydroxylation sites is 2. The molecule has 1 amide bonds. The van der Waals surface area contributed by atoms with Crippen molar-refractivity contribution in [3.05, 3.63) is 36.0 Å². The molecule has 134 valence electrons. The number of carbonyl (C=O) groups is 1. The van der Waals surface area contributed by atoms with Crippen molar-refractivity contribution in [2.75, 3.05) is 40.4 Å². The summed E-state index contributed by atoms with van der Waals surface area (Å²) in [4.78, 5) is 20.7. The lowest BCUT2D eigenvalue weighted by Crippen LogP contribution is -2.50. The number of piperazine rings is 1. The Labute approximate surface area is 146 Å². The van der Waals surface area contributed by atoms with Crippen LogP contribution >= 0.6 is 0 Å². The molecule has 0 bridgehead atoms. The molecule has 0 radical (unpaired) electrons. The summed E-state index contributed by atoms with van der Waals surface area (Å²) >= 11 is 0. The van der Waals surface area contributed by atoms with E-state index in [1.807, 2.05) is 19.2 Å². The minimum atomic E-state index is -0.106. The van der Waals surface area contributed by atoms with E-state index in [-0.39, 0.29) is 18.6 Å². The van der Waals surface area contributed by atoms with Crippen molar-refractivity contribution in [3.8, 4) is 11.5 Å². The Balaban J connectivity index is 1.62. The number of nitrogens with zero attached hydrogens (tertiary/aromatic N) is 4. The van der Waals surface area contributed by atoms with Crippen LogP contribution in [0.3, 0.4) is 0 Å². The first-order chi connectivity index (χ1) is 12.1. The van der Waals surface area contributed by atoms with Gasteiger partial charge in [0.25, 0.3) is 5.91 Å². The van der Waals surface area contributed by atoms with E-state index in [2.05, 4.69) is 15.0 Å². The summed E-state index contributed by atoms with van der Waals surface area (Å²) in [6, 6.07) is 7.16. The second-order valence-corrected chi connectivity index (χ2v) is 5.96. The topological polar surface area (TPSA) is 80.9 Å². The lowest BCUT2D eigenvalue weighted by Gasteiger charge is -2.37. The van der Waals surface area contributed by atoms with Gasteiger partial charge in [0.15, 0.2) is 23.9 Å². The fourth-order valence-electron chi connectivity index (χ4n) is 2.78. The molecule has 1 saturated heterocycles. The fraction of sp³-hybridized carbons (Fsp3) is 0.471. The first-order valence-electron chi connectivity index (χ1n) is 8.12. The monoisotopic (exact) mass is 346 g/mol. The number of benzene rings is 1. The van der Waals surface area contributed by atoms with E-state index in [9.17, 15) is 4.79 Å². The van der Waals surface area contributed by atoms with Gasteiger partial charge in [0, 0.05) is 19.6 Å². The van der Waals surface area contributed by atoms with Crippen LogP contribution in [0.2, 0.25) is 0 Å². The number of rotatable bonds is 5. The number of likely N-dealkylation sites (N-methyl/N-ethyl adjacent to an activating group) is 1. The zero-order chi connectivity index (χ0) is 17.8. The lowest BCUT2D eigenvalue weighted by molar-refractivity contribution is -0.136. The molecule has 2 aromatic rings. The van der Waals surface area contributed by atoms with Crippen LogP contribution in [-0.4, -0.2) is 66.2 Å². The molecule has 8 heteroatoms. The van der Waals surface area contributed by atoms with Gasteiger partial charge in [-0.25, -0.2) is 0 Å². The third-order valence-corrected chi connectivity index (χ3v) is 4.25. The predicted molar refractivity (Wildman–Crippen MR) is 89.5 cm³/mol. The van der Waals surface area contributed by atoms with Gasteiger partial charge in [-0.1, -0.05) is 17.3 Å². The average molecular weight is 346 g/mol. The van der Waals surface area contributed by atoms with Crippen molar-refractivity contribution in [2.45, 2.75) is 13.0 Å². The molecule has 1 unspecified atom stereocenters. The number of amides is 1. The summed E-state index contributed by atoms with van der Waals surface area (Å²) in [6.45, 7) is 3.59. The molecule has 25 heavy (non-hydrogen) atoms. The lowest BCUT2D eigenvalue weighted by atomic mass is 10.1. The highest BCUT2D eigenvalue weighted by molar-refractivity contribution is 5.78. The fourth-order valence-corrected chi connectivity index (χ4v) is 2.78. The Kier molecular flexibility index (Phi) is 5.18. The maximum absolute atomic E-state index is 12.5. The molecule has 0 aliphatic carbocycles. The minimum absolute atomic E-state index is 0.0420. The van der Waals surface area contributed by atoms with Gasteiger partial charge < -0.3 is 18.9 Å². The zero-order valence-electron chi connectivity index (χ0n) is 14.6. The molecule has 1 aromatic heterocycles. The van der Waals surface area contributed by atoms with Crippen LogP contribution in [0, 0.1) is 6.92 Å². The van der Waals surface area contributed by atoms with Gasteiger partial charge in [-0.05, 0) is 26.1 Å². The summed E-state index contributed by atoms with van der Waals surface area (Å²) < 4.78 is 16.1. The van der Waals surface area contributed by atoms with Crippen LogP contribution in [0.25, 0.3) is 0 Å². The Bertz CT molecular complexity index is 733. The first kappa shape index (κ1) is 17.2. The van der Waals surface area contributed by atoms with Crippen LogP contribution < -0.4 is 9.47 Å². The molecule has 0 spiro atoms. The number of carbonyl (C=O) groups excluding carboxylic acids is 1. The van der Waals surface area contributed by atoms with Crippen LogP contribution in [0.5, 0.6) is 11.5 Å². The third kappa shape index (κ3) is 3.90. The summed E-state index contributed by atoms with van der Waals surface area (Å²) in [7, 11) is 3.55. The number of aromatic nitrogens is 2. The summed E-state index contributed by atoms with van der Waals surface area (Å²) in [5.74, 6) is 2.19. The van der Waals surface area contributed by atoms with E-state index < -0.39 is 0 Å². The Morgan fingerprint density at radius 2 is 2.08 bits per heavy atom. The van der Waals surface area contributed by atoms with E-state index >= 15 is 0 Å². The number of hydrogen-bond donors (Lipinski definition) is 0.